The minimum atomic E-state index is -3.86. The number of likely N-dealkylation sites (N-methyl/N-ethyl adjacent to an activating group) is 1. The number of nitrogens with zero attached hydrogens (tertiary/aromatic N) is 2. The average molecular weight is 522 g/mol. The molecular weight excluding hydrogens is 486 g/mol. The molecule has 1 N–H and O–H groups in total. The van der Waals surface area contributed by atoms with Crippen molar-refractivity contribution in [1.82, 2.24) is 10.2 Å². The Hall–Kier alpha value is -3.47. The van der Waals surface area contributed by atoms with E-state index in [1.54, 1.807) is 51.3 Å². The lowest BCUT2D eigenvalue weighted by Crippen LogP contribution is -2.52. The van der Waals surface area contributed by atoms with Gasteiger partial charge in [0.05, 0.1) is 33.3 Å². The lowest BCUT2D eigenvalue weighted by atomic mass is 10.1. The molecule has 2 rings (SSSR count). The molecule has 0 aliphatic carbocycles. The number of sulfonamides is 1. The average Bonchev–Trinajstić information content (AvgIpc) is 2.86. The highest BCUT2D eigenvalue weighted by atomic mass is 32.2. The fraction of sp³-hybridized carbons (Fsp3) is 0.440. The molecule has 0 fully saturated rings. The van der Waals surface area contributed by atoms with Crippen molar-refractivity contribution in [3.05, 3.63) is 48.0 Å². The van der Waals surface area contributed by atoms with Gasteiger partial charge in [0.2, 0.25) is 21.8 Å². The first-order valence-electron chi connectivity index (χ1n) is 11.5. The fourth-order valence-corrected chi connectivity index (χ4v) is 4.57. The summed E-state index contributed by atoms with van der Waals surface area (Å²) < 4.78 is 42.2. The van der Waals surface area contributed by atoms with E-state index in [4.69, 9.17) is 14.2 Å². The summed E-state index contributed by atoms with van der Waals surface area (Å²) in [6.07, 6.45) is 1.37. The van der Waals surface area contributed by atoms with Gasteiger partial charge in [0.15, 0.2) is 11.5 Å². The molecule has 0 unspecified atom stereocenters. The third-order valence-electron chi connectivity index (χ3n) is 5.58. The summed E-state index contributed by atoms with van der Waals surface area (Å²) in [6.45, 7) is 3.61. The van der Waals surface area contributed by atoms with E-state index >= 15 is 0 Å². The molecule has 11 heteroatoms. The van der Waals surface area contributed by atoms with Gasteiger partial charge in [-0.05, 0) is 43.2 Å². The minimum absolute atomic E-state index is 0.113. The van der Waals surface area contributed by atoms with E-state index in [0.29, 0.717) is 30.2 Å². The van der Waals surface area contributed by atoms with Crippen molar-refractivity contribution in [2.24, 2.45) is 0 Å². The number of rotatable bonds is 13. The molecule has 0 aliphatic rings. The third-order valence-corrected chi connectivity index (χ3v) is 6.72. The van der Waals surface area contributed by atoms with Crippen LogP contribution in [0.4, 0.5) is 5.69 Å². The maximum Gasteiger partial charge on any atom is 0.244 e. The van der Waals surface area contributed by atoms with Crippen molar-refractivity contribution in [1.29, 1.82) is 0 Å². The van der Waals surface area contributed by atoms with Crippen LogP contribution >= 0.6 is 0 Å². The molecule has 1 atom stereocenters. The second-order valence-electron chi connectivity index (χ2n) is 8.00. The number of nitrogens with one attached hydrogen (secondary N) is 1. The van der Waals surface area contributed by atoms with Crippen molar-refractivity contribution in [2.75, 3.05) is 45.0 Å². The van der Waals surface area contributed by atoms with Gasteiger partial charge in [0, 0.05) is 19.2 Å². The van der Waals surface area contributed by atoms with Crippen LogP contribution in [0, 0.1) is 0 Å². The van der Waals surface area contributed by atoms with Gasteiger partial charge >= 0.3 is 0 Å². The highest BCUT2D eigenvalue weighted by molar-refractivity contribution is 7.92. The van der Waals surface area contributed by atoms with E-state index in [-0.39, 0.29) is 18.1 Å². The lowest BCUT2D eigenvalue weighted by Gasteiger charge is -2.33. The standard InChI is InChI=1S/C25H35N3O7S/c1-7-21(25(30)26-8-2)27(16-18-9-12-20(33-3)13-10-18)24(29)17-28(36(6,31)32)19-11-14-22(34-4)23(15-19)35-5/h9-15,21H,7-8,16-17H2,1-6H3,(H,26,30)/t21-/m0/s1. The van der Waals surface area contributed by atoms with Crippen molar-refractivity contribution < 1.29 is 32.2 Å². The normalized spacial score (nSPS) is 11.8. The van der Waals surface area contributed by atoms with Crippen molar-refractivity contribution in [3.8, 4) is 17.2 Å². The van der Waals surface area contributed by atoms with E-state index in [0.717, 1.165) is 16.1 Å². The summed E-state index contributed by atoms with van der Waals surface area (Å²) in [5.41, 5.74) is 1.00. The van der Waals surface area contributed by atoms with E-state index < -0.39 is 28.5 Å². The van der Waals surface area contributed by atoms with Gasteiger partial charge in [-0.15, -0.1) is 0 Å². The van der Waals surface area contributed by atoms with Gasteiger partial charge in [-0.3, -0.25) is 13.9 Å². The zero-order chi connectivity index (χ0) is 26.9. The molecule has 0 spiro atoms. The third kappa shape index (κ3) is 7.27. The molecule has 2 amide bonds. The number of hydrogen-bond donors (Lipinski definition) is 1. The van der Waals surface area contributed by atoms with Crippen LogP contribution < -0.4 is 23.8 Å². The summed E-state index contributed by atoms with van der Waals surface area (Å²) in [5.74, 6) is 0.566. The van der Waals surface area contributed by atoms with Gasteiger partial charge in [0.25, 0.3) is 0 Å². The zero-order valence-electron chi connectivity index (χ0n) is 21.6. The molecule has 0 heterocycles. The van der Waals surface area contributed by atoms with Gasteiger partial charge in [-0.2, -0.15) is 0 Å². The van der Waals surface area contributed by atoms with Crippen molar-refractivity contribution >= 4 is 27.5 Å². The molecule has 2 aromatic rings. The Morgan fingerprint density at radius 2 is 1.58 bits per heavy atom. The van der Waals surface area contributed by atoms with Gasteiger partial charge < -0.3 is 24.4 Å². The van der Waals surface area contributed by atoms with E-state index in [9.17, 15) is 18.0 Å². The fourth-order valence-electron chi connectivity index (χ4n) is 3.73. The number of carbonyl (C=O) groups excluding carboxylic acids is 2. The highest BCUT2D eigenvalue weighted by Gasteiger charge is 2.31. The molecule has 0 radical (unpaired) electrons. The van der Waals surface area contributed by atoms with Crippen molar-refractivity contribution in [3.63, 3.8) is 0 Å². The van der Waals surface area contributed by atoms with Gasteiger partial charge in [-0.25, -0.2) is 8.42 Å². The summed E-state index contributed by atoms with van der Waals surface area (Å²) in [5, 5.41) is 2.76. The summed E-state index contributed by atoms with van der Waals surface area (Å²) in [6, 6.07) is 10.9. The Morgan fingerprint density at radius 3 is 2.08 bits per heavy atom. The second-order valence-corrected chi connectivity index (χ2v) is 9.90. The Morgan fingerprint density at radius 1 is 0.944 bits per heavy atom. The van der Waals surface area contributed by atoms with Crippen LogP contribution in [0.1, 0.15) is 25.8 Å². The topological polar surface area (TPSA) is 114 Å². The number of benzene rings is 2. The first-order valence-corrected chi connectivity index (χ1v) is 13.3. The number of anilines is 1. The smallest absolute Gasteiger partial charge is 0.244 e. The summed E-state index contributed by atoms with van der Waals surface area (Å²) in [4.78, 5) is 27.9. The molecule has 0 aromatic heterocycles. The van der Waals surface area contributed by atoms with E-state index in [1.165, 1.54) is 31.3 Å². The maximum absolute atomic E-state index is 13.6. The van der Waals surface area contributed by atoms with Crippen LogP contribution in [0.3, 0.4) is 0 Å². The molecule has 0 bridgehead atoms. The zero-order valence-corrected chi connectivity index (χ0v) is 22.4. The molecule has 198 valence electrons. The number of amides is 2. The van der Waals surface area contributed by atoms with Gasteiger partial charge in [-0.1, -0.05) is 19.1 Å². The molecule has 10 nitrogen and oxygen atoms in total. The Bertz CT molecular complexity index is 1140. The summed E-state index contributed by atoms with van der Waals surface area (Å²) in [7, 11) is 0.601. The Labute approximate surface area is 213 Å². The van der Waals surface area contributed by atoms with Crippen LogP contribution in [0.25, 0.3) is 0 Å². The summed E-state index contributed by atoms with van der Waals surface area (Å²) >= 11 is 0. The van der Waals surface area contributed by atoms with Crippen LogP contribution in [-0.4, -0.2) is 71.8 Å². The predicted molar refractivity (Wildman–Crippen MR) is 138 cm³/mol. The maximum atomic E-state index is 13.6. The molecule has 2 aromatic carbocycles. The molecule has 0 saturated heterocycles. The monoisotopic (exact) mass is 521 g/mol. The largest absolute Gasteiger partial charge is 0.497 e. The number of methoxy groups -OCH3 is 3. The van der Waals surface area contributed by atoms with Gasteiger partial charge in [0.1, 0.15) is 18.3 Å². The number of hydrogen-bond acceptors (Lipinski definition) is 7. The van der Waals surface area contributed by atoms with E-state index in [2.05, 4.69) is 5.32 Å². The molecule has 0 saturated carbocycles. The SMILES string of the molecule is CCNC(=O)[C@H](CC)N(Cc1ccc(OC)cc1)C(=O)CN(c1ccc(OC)c(OC)c1)S(C)(=O)=O. The van der Waals surface area contributed by atoms with Crippen LogP contribution in [0.5, 0.6) is 17.2 Å². The highest BCUT2D eigenvalue weighted by Crippen LogP contribution is 2.32. The minimum Gasteiger partial charge on any atom is -0.497 e. The second kappa shape index (κ2) is 13.0. The first kappa shape index (κ1) is 28.8. The van der Waals surface area contributed by atoms with Crippen LogP contribution in [-0.2, 0) is 26.2 Å². The Kier molecular flexibility index (Phi) is 10.4. The quantitative estimate of drug-likeness (QED) is 0.431. The first-order chi connectivity index (χ1) is 17.1. The molecule has 36 heavy (non-hydrogen) atoms. The lowest BCUT2D eigenvalue weighted by molar-refractivity contribution is -0.140. The molecule has 0 aliphatic heterocycles. The van der Waals surface area contributed by atoms with Crippen molar-refractivity contribution in [2.45, 2.75) is 32.9 Å². The van der Waals surface area contributed by atoms with E-state index in [1.807, 2.05) is 0 Å². The number of ether oxygens (including phenoxy) is 3. The molecular formula is C25H35N3O7S. The van der Waals surface area contributed by atoms with Crippen LogP contribution in [0.15, 0.2) is 42.5 Å². The number of carbonyl (C=O) groups is 2. The predicted octanol–water partition coefficient (Wildman–Crippen LogP) is 2.42. The van der Waals surface area contributed by atoms with Crippen LogP contribution in [0.2, 0.25) is 0 Å². The Balaban J connectivity index is 2.46.